The van der Waals surface area contributed by atoms with Crippen LogP contribution in [0.3, 0.4) is 0 Å². The molecule has 0 saturated carbocycles. The molecule has 0 aromatic heterocycles. The molecule has 118 valence electrons. The van der Waals surface area contributed by atoms with Crippen LogP contribution in [-0.2, 0) is 16.3 Å². The highest BCUT2D eigenvalue weighted by Gasteiger charge is 2.24. The largest absolute Gasteiger partial charge is 0.314 e. The lowest BCUT2D eigenvalue weighted by atomic mass is 10.0. The number of benzene rings is 1. The molecular weight excluding hydrogens is 284 g/mol. The van der Waals surface area contributed by atoms with Crippen LogP contribution in [0.1, 0.15) is 31.0 Å². The summed E-state index contributed by atoms with van der Waals surface area (Å²) in [6.07, 6.45) is 1.04. The van der Waals surface area contributed by atoms with Crippen LogP contribution in [0.5, 0.6) is 0 Å². The number of rotatable bonds is 6. The predicted octanol–water partition coefficient (Wildman–Crippen LogP) is 1.63. The molecule has 0 radical (unpaired) electrons. The fourth-order valence-corrected chi connectivity index (χ4v) is 3.52. The Hall–Kier alpha value is -0.910. The smallest absolute Gasteiger partial charge is 0.151 e. The standard InChI is InChI=1S/C16H26N2O2S/c1-3-14-5-7-15(8-6-14)16-13-17-9-10-18(16)11-12-21(19,20)4-2/h5-8,16-17H,3-4,9-13H2,1-2H3. The van der Waals surface area contributed by atoms with Crippen molar-refractivity contribution in [2.45, 2.75) is 26.3 Å². The van der Waals surface area contributed by atoms with Crippen LogP contribution < -0.4 is 5.32 Å². The maximum atomic E-state index is 11.7. The Labute approximate surface area is 128 Å². The van der Waals surface area contributed by atoms with E-state index in [2.05, 4.69) is 41.4 Å². The second-order valence-corrected chi connectivity index (χ2v) is 8.06. The van der Waals surface area contributed by atoms with E-state index in [1.165, 1.54) is 11.1 Å². The van der Waals surface area contributed by atoms with Crippen molar-refractivity contribution in [3.63, 3.8) is 0 Å². The SMILES string of the molecule is CCc1ccc(C2CNCCN2CCS(=O)(=O)CC)cc1. The van der Waals surface area contributed by atoms with E-state index in [0.717, 1.165) is 26.1 Å². The van der Waals surface area contributed by atoms with Crippen molar-refractivity contribution in [3.05, 3.63) is 35.4 Å². The molecule has 1 aromatic carbocycles. The molecule has 1 N–H and O–H groups in total. The Bertz CT molecular complexity index is 540. The van der Waals surface area contributed by atoms with Crippen LogP contribution in [-0.4, -0.2) is 51.0 Å². The Morgan fingerprint density at radius 3 is 2.57 bits per heavy atom. The number of piperazine rings is 1. The van der Waals surface area contributed by atoms with E-state index in [9.17, 15) is 8.42 Å². The topological polar surface area (TPSA) is 49.4 Å². The number of aryl methyl sites for hydroxylation is 1. The summed E-state index contributed by atoms with van der Waals surface area (Å²) in [6, 6.07) is 8.97. The summed E-state index contributed by atoms with van der Waals surface area (Å²) in [5.74, 6) is 0.488. The monoisotopic (exact) mass is 310 g/mol. The zero-order chi connectivity index (χ0) is 15.3. The first-order valence-corrected chi connectivity index (χ1v) is 9.62. The summed E-state index contributed by atoms with van der Waals surface area (Å²) in [4.78, 5) is 2.30. The summed E-state index contributed by atoms with van der Waals surface area (Å²) in [6.45, 7) is 7.21. The molecule has 2 rings (SSSR count). The summed E-state index contributed by atoms with van der Waals surface area (Å²) in [7, 11) is -2.90. The summed E-state index contributed by atoms with van der Waals surface area (Å²) in [5, 5.41) is 3.41. The van der Waals surface area contributed by atoms with Crippen molar-refractivity contribution < 1.29 is 8.42 Å². The Morgan fingerprint density at radius 2 is 1.95 bits per heavy atom. The number of hydrogen-bond donors (Lipinski definition) is 1. The van der Waals surface area contributed by atoms with Crippen molar-refractivity contribution in [3.8, 4) is 0 Å². The van der Waals surface area contributed by atoms with E-state index in [-0.39, 0.29) is 17.5 Å². The highest BCUT2D eigenvalue weighted by molar-refractivity contribution is 7.91. The van der Waals surface area contributed by atoms with Crippen molar-refractivity contribution in [1.29, 1.82) is 0 Å². The molecule has 4 nitrogen and oxygen atoms in total. The molecule has 1 fully saturated rings. The molecule has 1 aliphatic rings. The highest BCUT2D eigenvalue weighted by Crippen LogP contribution is 2.22. The van der Waals surface area contributed by atoms with Crippen molar-refractivity contribution in [2.75, 3.05) is 37.7 Å². The quantitative estimate of drug-likeness (QED) is 0.868. The average Bonchev–Trinajstić information content (AvgIpc) is 2.53. The lowest BCUT2D eigenvalue weighted by Crippen LogP contribution is -2.47. The summed E-state index contributed by atoms with van der Waals surface area (Å²) < 4.78 is 23.5. The zero-order valence-electron chi connectivity index (χ0n) is 13.0. The number of nitrogens with zero attached hydrogens (tertiary/aromatic N) is 1. The van der Waals surface area contributed by atoms with Crippen LogP contribution in [0.15, 0.2) is 24.3 Å². The van der Waals surface area contributed by atoms with Crippen LogP contribution >= 0.6 is 0 Å². The zero-order valence-corrected chi connectivity index (χ0v) is 13.8. The van der Waals surface area contributed by atoms with E-state index >= 15 is 0 Å². The maximum absolute atomic E-state index is 11.7. The third kappa shape index (κ3) is 4.53. The van der Waals surface area contributed by atoms with Gasteiger partial charge >= 0.3 is 0 Å². The highest BCUT2D eigenvalue weighted by atomic mass is 32.2. The number of hydrogen-bond acceptors (Lipinski definition) is 4. The molecular formula is C16H26N2O2S. The van der Waals surface area contributed by atoms with Gasteiger partial charge in [0.2, 0.25) is 0 Å². The maximum Gasteiger partial charge on any atom is 0.151 e. The third-order valence-corrected chi connectivity index (χ3v) is 5.94. The van der Waals surface area contributed by atoms with Crippen LogP contribution in [0, 0.1) is 0 Å². The van der Waals surface area contributed by atoms with Gasteiger partial charge in [-0.2, -0.15) is 0 Å². The van der Waals surface area contributed by atoms with Gasteiger partial charge in [-0.25, -0.2) is 8.42 Å². The second-order valence-electron chi connectivity index (χ2n) is 5.59. The van der Waals surface area contributed by atoms with E-state index in [4.69, 9.17) is 0 Å². The Morgan fingerprint density at radius 1 is 1.24 bits per heavy atom. The molecule has 21 heavy (non-hydrogen) atoms. The number of sulfone groups is 1. The van der Waals surface area contributed by atoms with Gasteiger partial charge in [-0.3, -0.25) is 4.90 Å². The molecule has 1 saturated heterocycles. The second kappa shape index (κ2) is 7.38. The van der Waals surface area contributed by atoms with Gasteiger partial charge in [-0.1, -0.05) is 38.1 Å². The molecule has 1 atom stereocenters. The van der Waals surface area contributed by atoms with Gasteiger partial charge in [0.1, 0.15) is 0 Å². The number of nitrogens with one attached hydrogen (secondary N) is 1. The van der Waals surface area contributed by atoms with Gasteiger partial charge in [0, 0.05) is 38.0 Å². The van der Waals surface area contributed by atoms with E-state index < -0.39 is 9.84 Å². The summed E-state index contributed by atoms with van der Waals surface area (Å²) in [5.41, 5.74) is 2.61. The third-order valence-electron chi connectivity index (χ3n) is 4.26. The van der Waals surface area contributed by atoms with Crippen molar-refractivity contribution >= 4 is 9.84 Å². The fourth-order valence-electron chi connectivity index (χ4n) is 2.72. The van der Waals surface area contributed by atoms with Crippen molar-refractivity contribution in [2.24, 2.45) is 0 Å². The molecule has 0 amide bonds. The van der Waals surface area contributed by atoms with E-state index in [1.54, 1.807) is 6.92 Å². The van der Waals surface area contributed by atoms with Gasteiger partial charge in [0.25, 0.3) is 0 Å². The minimum Gasteiger partial charge on any atom is -0.314 e. The predicted molar refractivity (Wildman–Crippen MR) is 87.3 cm³/mol. The lowest BCUT2D eigenvalue weighted by Gasteiger charge is -2.36. The van der Waals surface area contributed by atoms with Gasteiger partial charge in [0.15, 0.2) is 9.84 Å². The average molecular weight is 310 g/mol. The van der Waals surface area contributed by atoms with Gasteiger partial charge in [-0.05, 0) is 17.5 Å². The molecule has 5 heteroatoms. The van der Waals surface area contributed by atoms with Crippen LogP contribution in [0.4, 0.5) is 0 Å². The molecule has 1 aromatic rings. The molecule has 1 heterocycles. The van der Waals surface area contributed by atoms with Gasteiger partial charge in [0.05, 0.1) is 5.75 Å². The molecule has 0 spiro atoms. The molecule has 0 aliphatic carbocycles. The van der Waals surface area contributed by atoms with Crippen molar-refractivity contribution in [1.82, 2.24) is 10.2 Å². The normalized spacial score (nSPS) is 20.6. The van der Waals surface area contributed by atoms with E-state index in [0.29, 0.717) is 6.54 Å². The fraction of sp³-hybridized carbons (Fsp3) is 0.625. The first-order valence-electron chi connectivity index (χ1n) is 7.79. The summed E-state index contributed by atoms with van der Waals surface area (Å²) >= 11 is 0. The molecule has 1 aliphatic heterocycles. The van der Waals surface area contributed by atoms with E-state index in [1.807, 2.05) is 0 Å². The van der Waals surface area contributed by atoms with Crippen LogP contribution in [0.2, 0.25) is 0 Å². The first-order chi connectivity index (χ1) is 10.1. The minimum atomic E-state index is -2.90. The lowest BCUT2D eigenvalue weighted by molar-refractivity contribution is 0.172. The Balaban J connectivity index is 2.07. The molecule has 0 bridgehead atoms. The molecule has 1 unspecified atom stereocenters. The first kappa shape index (κ1) is 16.5. The van der Waals surface area contributed by atoms with Gasteiger partial charge in [-0.15, -0.1) is 0 Å². The van der Waals surface area contributed by atoms with Gasteiger partial charge < -0.3 is 5.32 Å². The Kier molecular flexibility index (Phi) is 5.79. The minimum absolute atomic E-state index is 0.231. The van der Waals surface area contributed by atoms with Crippen LogP contribution in [0.25, 0.3) is 0 Å².